The molecule has 7 nitrogen and oxygen atoms in total. The van der Waals surface area contributed by atoms with Crippen molar-refractivity contribution in [3.05, 3.63) is 35.9 Å². The van der Waals surface area contributed by atoms with E-state index in [0.717, 1.165) is 19.2 Å². The minimum Gasteiger partial charge on any atom is -0.445 e. The van der Waals surface area contributed by atoms with E-state index in [4.69, 9.17) is 14.9 Å². The van der Waals surface area contributed by atoms with Crippen LogP contribution >= 0.6 is 0 Å². The van der Waals surface area contributed by atoms with Crippen molar-refractivity contribution in [2.45, 2.75) is 56.8 Å². The maximum absolute atomic E-state index is 13.3. The molecule has 2 fully saturated rings. The Labute approximate surface area is 176 Å². The minimum absolute atomic E-state index is 0.154. The highest BCUT2D eigenvalue weighted by Gasteiger charge is 2.27. The van der Waals surface area contributed by atoms with Gasteiger partial charge in [0.1, 0.15) is 19.0 Å². The van der Waals surface area contributed by atoms with Crippen LogP contribution in [0.25, 0.3) is 0 Å². The van der Waals surface area contributed by atoms with E-state index >= 15 is 0 Å². The van der Waals surface area contributed by atoms with Crippen LogP contribution in [0, 0.1) is 0 Å². The molecule has 2 heterocycles. The van der Waals surface area contributed by atoms with Gasteiger partial charge in [-0.3, -0.25) is 0 Å². The number of likely N-dealkylation sites (tertiary alicyclic amines) is 1. The number of hydrogen-bond donors (Lipinski definition) is 4. The summed E-state index contributed by atoms with van der Waals surface area (Å²) in [6, 6.07) is 9.38. The molecule has 1 amide bonds. The number of benzene rings is 1. The van der Waals surface area contributed by atoms with Gasteiger partial charge in [-0.1, -0.05) is 30.3 Å². The van der Waals surface area contributed by atoms with Crippen LogP contribution in [0.5, 0.6) is 0 Å². The Morgan fingerprint density at radius 1 is 1.00 bits per heavy atom. The van der Waals surface area contributed by atoms with Gasteiger partial charge in [0.25, 0.3) is 0 Å². The van der Waals surface area contributed by atoms with Gasteiger partial charge in [0.15, 0.2) is 0 Å². The van der Waals surface area contributed by atoms with E-state index in [1.807, 2.05) is 30.3 Å². The van der Waals surface area contributed by atoms with Crippen molar-refractivity contribution in [3.8, 4) is 0 Å². The number of nitrogens with one attached hydrogen (secondary N) is 1. The number of aliphatic hydroxyl groups excluding tert-OH is 3. The topological polar surface area (TPSA) is 102 Å². The summed E-state index contributed by atoms with van der Waals surface area (Å²) >= 11 is 0. The molecule has 4 N–H and O–H groups in total. The molecule has 172 valence electrons. The van der Waals surface area contributed by atoms with E-state index in [1.165, 1.54) is 4.90 Å². The molecule has 2 saturated heterocycles. The molecule has 1 aromatic rings. The highest BCUT2D eigenvalue weighted by atomic mass is 19.1. The molecule has 0 aromatic heterocycles. The number of alkyl halides is 2. The molecule has 2 aliphatic rings. The molecule has 0 unspecified atom stereocenters. The molecule has 3 rings (SSSR count). The molecule has 0 aliphatic carbocycles. The molecule has 0 bridgehead atoms. The largest absolute Gasteiger partial charge is 0.445 e. The van der Waals surface area contributed by atoms with Gasteiger partial charge in [0, 0.05) is 20.2 Å². The Hall–Kier alpha value is -1.81. The van der Waals surface area contributed by atoms with Gasteiger partial charge >= 0.3 is 6.09 Å². The van der Waals surface area contributed by atoms with Gasteiger partial charge < -0.3 is 30.3 Å². The first kappa shape index (κ1) is 26.2. The maximum Gasteiger partial charge on any atom is 0.410 e. The van der Waals surface area contributed by atoms with E-state index < -0.39 is 30.6 Å². The van der Waals surface area contributed by atoms with E-state index in [2.05, 4.69) is 5.32 Å². The van der Waals surface area contributed by atoms with Crippen LogP contribution in [0.15, 0.2) is 30.3 Å². The number of carbonyl (C=O) groups is 1. The zero-order valence-electron chi connectivity index (χ0n) is 17.4. The maximum atomic E-state index is 13.3. The number of amides is 1. The first-order chi connectivity index (χ1) is 14.5. The Kier molecular flexibility index (Phi) is 13.2. The molecule has 2 aliphatic heterocycles. The predicted molar refractivity (Wildman–Crippen MR) is 109 cm³/mol. The average molecular weight is 433 g/mol. The van der Waals surface area contributed by atoms with Gasteiger partial charge in [-0.25, -0.2) is 13.6 Å². The van der Waals surface area contributed by atoms with Crippen LogP contribution in [0.2, 0.25) is 0 Å². The zero-order valence-corrected chi connectivity index (χ0v) is 17.4. The summed E-state index contributed by atoms with van der Waals surface area (Å²) in [4.78, 5) is 13.3. The highest BCUT2D eigenvalue weighted by molar-refractivity contribution is 5.67. The van der Waals surface area contributed by atoms with Crippen LogP contribution in [0.1, 0.15) is 31.2 Å². The highest BCUT2D eigenvalue weighted by Crippen LogP contribution is 2.16. The van der Waals surface area contributed by atoms with Crippen LogP contribution in [-0.4, -0.2) is 84.2 Å². The Morgan fingerprint density at radius 3 is 2.27 bits per heavy atom. The smallest absolute Gasteiger partial charge is 0.410 e. The van der Waals surface area contributed by atoms with Crippen molar-refractivity contribution in [2.24, 2.45) is 0 Å². The normalized spacial score (nSPS) is 26.7. The van der Waals surface area contributed by atoms with Gasteiger partial charge in [0.2, 0.25) is 0 Å². The lowest BCUT2D eigenvalue weighted by Gasteiger charge is -2.19. The fraction of sp³-hybridized carbons (Fsp3) is 0.667. The number of nitrogens with zero attached hydrogens (tertiary/aromatic N) is 1. The summed E-state index contributed by atoms with van der Waals surface area (Å²) < 4.78 is 31.0. The summed E-state index contributed by atoms with van der Waals surface area (Å²) in [5, 5.41) is 28.4. The lowest BCUT2D eigenvalue weighted by Crippen LogP contribution is -2.32. The average Bonchev–Trinajstić information content (AvgIpc) is 3.07. The minimum atomic E-state index is -1.26. The molecular weight excluding hydrogens is 398 g/mol. The second kappa shape index (κ2) is 15.1. The van der Waals surface area contributed by atoms with Gasteiger partial charge in [-0.15, -0.1) is 0 Å². The van der Waals surface area contributed by atoms with Crippen molar-refractivity contribution in [1.29, 1.82) is 0 Å². The summed E-state index contributed by atoms with van der Waals surface area (Å²) in [6.45, 7) is 2.25. The lowest BCUT2D eigenvalue weighted by atomic mass is 10.1. The van der Waals surface area contributed by atoms with Crippen LogP contribution in [0.3, 0.4) is 0 Å². The number of rotatable bonds is 2. The van der Waals surface area contributed by atoms with Gasteiger partial charge in [-0.05, 0) is 44.3 Å². The predicted octanol–water partition coefficient (Wildman–Crippen LogP) is 1.80. The molecule has 9 heteroatoms. The summed E-state index contributed by atoms with van der Waals surface area (Å²) in [5.74, 6) is 0. The Bertz CT molecular complexity index is 560. The van der Waals surface area contributed by atoms with E-state index in [0.29, 0.717) is 25.9 Å². The molecule has 1 aromatic carbocycles. The number of ether oxygens (including phenoxy) is 1. The fourth-order valence-corrected chi connectivity index (χ4v) is 3.03. The Balaban J connectivity index is 0.000000342. The first-order valence-corrected chi connectivity index (χ1v) is 10.2. The van der Waals surface area contributed by atoms with Crippen molar-refractivity contribution >= 4 is 6.09 Å². The SMILES string of the molecule is CO.O=C(OCc1ccccc1)N1CC[C@@H](O)[C@@H](F)CC1.O[C@@H]1CCNCC[C@@H]1F. The van der Waals surface area contributed by atoms with Crippen LogP contribution in [0.4, 0.5) is 13.6 Å². The summed E-state index contributed by atoms with van der Waals surface area (Å²) in [7, 11) is 1.00. The van der Waals surface area contributed by atoms with E-state index in [-0.39, 0.29) is 26.0 Å². The van der Waals surface area contributed by atoms with Gasteiger partial charge in [0.05, 0.1) is 12.2 Å². The van der Waals surface area contributed by atoms with Crippen molar-refractivity contribution in [2.75, 3.05) is 33.3 Å². The third-order valence-electron chi connectivity index (χ3n) is 4.88. The second-order valence-electron chi connectivity index (χ2n) is 7.10. The standard InChI is InChI=1S/C14H18FNO3.C6H12FNO.CH4O/c15-12-6-8-16(9-7-13(12)17)14(18)19-10-11-4-2-1-3-5-11;7-5-1-3-8-4-2-6(5)9;1-2/h1-5,12-13,17H,6-10H2;5-6,8-9H,1-4H2;2H,1H3/t12-,13+;5-,6+;/m00./s1. The van der Waals surface area contributed by atoms with E-state index in [9.17, 15) is 18.7 Å². The molecule has 0 saturated carbocycles. The zero-order chi connectivity index (χ0) is 22.4. The van der Waals surface area contributed by atoms with Crippen molar-refractivity contribution in [1.82, 2.24) is 10.2 Å². The Morgan fingerprint density at radius 2 is 1.57 bits per heavy atom. The quantitative estimate of drug-likeness (QED) is 0.568. The molecule has 0 spiro atoms. The van der Waals surface area contributed by atoms with Crippen molar-refractivity contribution in [3.63, 3.8) is 0 Å². The first-order valence-electron chi connectivity index (χ1n) is 10.2. The third-order valence-corrected chi connectivity index (χ3v) is 4.88. The molecular formula is C21H34F2N2O5. The summed E-state index contributed by atoms with van der Waals surface area (Å²) in [6.07, 6.45) is -3.05. The number of hydrogen-bond acceptors (Lipinski definition) is 6. The molecule has 30 heavy (non-hydrogen) atoms. The number of carbonyl (C=O) groups excluding carboxylic acids is 1. The van der Waals surface area contributed by atoms with Gasteiger partial charge in [-0.2, -0.15) is 0 Å². The van der Waals surface area contributed by atoms with Crippen LogP contribution < -0.4 is 5.32 Å². The van der Waals surface area contributed by atoms with E-state index in [1.54, 1.807) is 0 Å². The summed E-state index contributed by atoms with van der Waals surface area (Å²) in [5.41, 5.74) is 0.911. The van der Waals surface area contributed by atoms with Crippen LogP contribution in [-0.2, 0) is 11.3 Å². The molecule has 0 radical (unpaired) electrons. The fourth-order valence-electron chi connectivity index (χ4n) is 3.03. The third kappa shape index (κ3) is 9.80. The molecule has 4 atom stereocenters. The number of halogens is 2. The lowest BCUT2D eigenvalue weighted by molar-refractivity contribution is 0.0749. The van der Waals surface area contributed by atoms with Crippen molar-refractivity contribution < 1.29 is 33.6 Å². The monoisotopic (exact) mass is 432 g/mol. The second-order valence-corrected chi connectivity index (χ2v) is 7.10. The number of aliphatic hydroxyl groups is 3.